The molecule has 0 radical (unpaired) electrons. The van der Waals surface area contributed by atoms with Crippen molar-refractivity contribution in [1.82, 2.24) is 9.97 Å². The van der Waals surface area contributed by atoms with Gasteiger partial charge in [-0.2, -0.15) is 0 Å². The second-order valence-electron chi connectivity index (χ2n) is 3.92. The zero-order valence-corrected chi connectivity index (χ0v) is 12.6. The highest BCUT2D eigenvalue weighted by Gasteiger charge is 2.13. The van der Waals surface area contributed by atoms with Crippen molar-refractivity contribution >= 4 is 33.5 Å². The number of halogens is 3. The largest absolute Gasteiger partial charge is 0.354 e. The van der Waals surface area contributed by atoms with Crippen molar-refractivity contribution in [3.8, 4) is 11.3 Å². The van der Waals surface area contributed by atoms with Crippen molar-refractivity contribution in [3.63, 3.8) is 0 Å². The number of hydrogen-bond acceptors (Lipinski definition) is 3. The molecule has 1 heterocycles. The van der Waals surface area contributed by atoms with E-state index in [9.17, 15) is 4.39 Å². The lowest BCUT2D eigenvalue weighted by molar-refractivity contribution is 0.630. The highest BCUT2D eigenvalue weighted by Crippen LogP contribution is 2.32. The highest BCUT2D eigenvalue weighted by molar-refractivity contribution is 9.10. The molecule has 6 heteroatoms. The van der Waals surface area contributed by atoms with E-state index < -0.39 is 5.82 Å². The number of nitrogens with one attached hydrogen (secondary N) is 1. The van der Waals surface area contributed by atoms with Gasteiger partial charge in [0.2, 0.25) is 5.95 Å². The summed E-state index contributed by atoms with van der Waals surface area (Å²) in [4.78, 5) is 8.36. The maximum absolute atomic E-state index is 14.1. The normalized spacial score (nSPS) is 10.5. The molecule has 1 aromatic heterocycles. The van der Waals surface area contributed by atoms with Crippen LogP contribution in [0.4, 0.5) is 10.3 Å². The summed E-state index contributed by atoms with van der Waals surface area (Å²) in [7, 11) is 0. The van der Waals surface area contributed by atoms with Gasteiger partial charge in [-0.1, -0.05) is 18.5 Å². The van der Waals surface area contributed by atoms with Gasteiger partial charge in [0, 0.05) is 22.8 Å². The Labute approximate surface area is 124 Å². The van der Waals surface area contributed by atoms with E-state index in [1.165, 1.54) is 0 Å². The number of hydrogen-bond donors (Lipinski definition) is 1. The average Bonchev–Trinajstić information content (AvgIpc) is 2.43. The van der Waals surface area contributed by atoms with Gasteiger partial charge in [0.15, 0.2) is 5.82 Å². The molecule has 0 spiro atoms. The van der Waals surface area contributed by atoms with Crippen LogP contribution < -0.4 is 5.32 Å². The summed E-state index contributed by atoms with van der Waals surface area (Å²) < 4.78 is 14.6. The molecule has 3 nitrogen and oxygen atoms in total. The fourth-order valence-electron chi connectivity index (χ4n) is 1.55. The molecule has 1 N–H and O–H groups in total. The fourth-order valence-corrected chi connectivity index (χ4v) is 2.03. The zero-order valence-electron chi connectivity index (χ0n) is 10.3. The molecule has 2 aromatic rings. The number of anilines is 1. The van der Waals surface area contributed by atoms with Crippen LogP contribution >= 0.6 is 27.5 Å². The average molecular weight is 345 g/mol. The summed E-state index contributed by atoms with van der Waals surface area (Å²) in [5, 5.41) is 3.12. The van der Waals surface area contributed by atoms with Crippen LogP contribution in [0.15, 0.2) is 28.9 Å². The Morgan fingerprint density at radius 2 is 2.16 bits per heavy atom. The van der Waals surface area contributed by atoms with Crippen LogP contribution in [0.3, 0.4) is 0 Å². The Kier molecular flexibility index (Phi) is 4.71. The van der Waals surface area contributed by atoms with Crippen LogP contribution in [0.2, 0.25) is 5.02 Å². The smallest absolute Gasteiger partial charge is 0.223 e. The number of nitrogens with zero attached hydrogens (tertiary/aromatic N) is 2. The molecule has 0 saturated carbocycles. The topological polar surface area (TPSA) is 37.8 Å². The summed E-state index contributed by atoms with van der Waals surface area (Å²) in [6.45, 7) is 2.82. The first-order valence-corrected chi connectivity index (χ1v) is 7.01. The van der Waals surface area contributed by atoms with E-state index in [4.69, 9.17) is 11.6 Å². The standard InChI is InChI=1S/C13H12BrClFN3/c1-2-6-17-13-18-7-5-10(19-13)8-3-4-9(14)11(15)12(8)16/h3-5,7H,2,6H2,1H3,(H,17,18,19). The van der Waals surface area contributed by atoms with Gasteiger partial charge in [-0.05, 0) is 40.5 Å². The van der Waals surface area contributed by atoms with E-state index in [0.29, 0.717) is 21.7 Å². The molecular formula is C13H12BrClFN3. The second kappa shape index (κ2) is 6.30. The van der Waals surface area contributed by atoms with Crippen molar-refractivity contribution in [2.75, 3.05) is 11.9 Å². The SMILES string of the molecule is CCCNc1nccc(-c2ccc(Br)c(Cl)c2F)n1. The lowest BCUT2D eigenvalue weighted by Crippen LogP contribution is -2.04. The first-order chi connectivity index (χ1) is 9.13. The Bertz CT molecular complexity index is 592. The highest BCUT2D eigenvalue weighted by atomic mass is 79.9. The van der Waals surface area contributed by atoms with Gasteiger partial charge in [0.25, 0.3) is 0 Å². The van der Waals surface area contributed by atoms with Crippen LogP contribution in [0, 0.1) is 5.82 Å². The van der Waals surface area contributed by atoms with Gasteiger partial charge in [0.05, 0.1) is 10.7 Å². The second-order valence-corrected chi connectivity index (χ2v) is 5.15. The number of benzene rings is 1. The minimum Gasteiger partial charge on any atom is -0.354 e. The van der Waals surface area contributed by atoms with E-state index in [0.717, 1.165) is 13.0 Å². The van der Waals surface area contributed by atoms with Gasteiger partial charge in [-0.15, -0.1) is 0 Å². The molecule has 0 fully saturated rings. The predicted molar refractivity (Wildman–Crippen MR) is 78.9 cm³/mol. The van der Waals surface area contributed by atoms with Crippen molar-refractivity contribution in [2.24, 2.45) is 0 Å². The molecule has 0 unspecified atom stereocenters. The van der Waals surface area contributed by atoms with E-state index in [1.54, 1.807) is 24.4 Å². The van der Waals surface area contributed by atoms with Crippen LogP contribution in [-0.2, 0) is 0 Å². The van der Waals surface area contributed by atoms with Crippen molar-refractivity contribution in [2.45, 2.75) is 13.3 Å². The summed E-state index contributed by atoms with van der Waals surface area (Å²) in [5.41, 5.74) is 0.857. The summed E-state index contributed by atoms with van der Waals surface area (Å²) in [6, 6.07) is 4.99. The Balaban J connectivity index is 2.39. The third-order valence-corrected chi connectivity index (χ3v) is 3.76. The van der Waals surface area contributed by atoms with Crippen LogP contribution in [0.5, 0.6) is 0 Å². The van der Waals surface area contributed by atoms with Crippen LogP contribution in [0.1, 0.15) is 13.3 Å². The summed E-state index contributed by atoms with van der Waals surface area (Å²) in [5.74, 6) is -0.00558. The molecule has 0 aliphatic rings. The minimum atomic E-state index is -0.490. The van der Waals surface area contributed by atoms with Gasteiger partial charge in [-0.3, -0.25) is 0 Å². The van der Waals surface area contributed by atoms with E-state index in [-0.39, 0.29) is 5.02 Å². The molecule has 0 atom stereocenters. The molecule has 0 amide bonds. The van der Waals surface area contributed by atoms with Gasteiger partial charge in [-0.25, -0.2) is 14.4 Å². The molecule has 1 aromatic carbocycles. The lowest BCUT2D eigenvalue weighted by atomic mass is 10.1. The maximum atomic E-state index is 14.1. The Morgan fingerprint density at radius 3 is 2.89 bits per heavy atom. The van der Waals surface area contributed by atoms with Gasteiger partial charge >= 0.3 is 0 Å². The molecule has 0 aliphatic heterocycles. The number of aromatic nitrogens is 2. The molecule has 19 heavy (non-hydrogen) atoms. The van der Waals surface area contributed by atoms with Gasteiger partial charge < -0.3 is 5.32 Å². The van der Waals surface area contributed by atoms with Crippen molar-refractivity contribution in [1.29, 1.82) is 0 Å². The zero-order chi connectivity index (χ0) is 13.8. The Hall–Kier alpha value is -1.20. The molecule has 2 rings (SSSR count). The molecule has 100 valence electrons. The Morgan fingerprint density at radius 1 is 1.37 bits per heavy atom. The van der Waals surface area contributed by atoms with E-state index in [1.807, 2.05) is 6.92 Å². The maximum Gasteiger partial charge on any atom is 0.223 e. The summed E-state index contributed by atoms with van der Waals surface area (Å²) >= 11 is 9.06. The lowest BCUT2D eigenvalue weighted by Gasteiger charge is -2.08. The minimum absolute atomic E-state index is 0.0548. The summed E-state index contributed by atoms with van der Waals surface area (Å²) in [6.07, 6.45) is 2.56. The van der Waals surface area contributed by atoms with Crippen LogP contribution in [-0.4, -0.2) is 16.5 Å². The first kappa shape index (κ1) is 14.2. The third-order valence-electron chi connectivity index (χ3n) is 2.50. The third kappa shape index (κ3) is 3.22. The van der Waals surface area contributed by atoms with E-state index >= 15 is 0 Å². The predicted octanol–water partition coefficient (Wildman–Crippen LogP) is 4.52. The van der Waals surface area contributed by atoms with E-state index in [2.05, 4.69) is 31.2 Å². The molecule has 0 aliphatic carbocycles. The van der Waals surface area contributed by atoms with Crippen molar-refractivity contribution < 1.29 is 4.39 Å². The molecule has 0 saturated heterocycles. The number of rotatable bonds is 4. The van der Waals surface area contributed by atoms with Gasteiger partial charge in [0.1, 0.15) is 0 Å². The van der Waals surface area contributed by atoms with Crippen molar-refractivity contribution in [3.05, 3.63) is 39.7 Å². The quantitative estimate of drug-likeness (QED) is 0.829. The monoisotopic (exact) mass is 343 g/mol. The molecule has 0 bridgehead atoms. The fraction of sp³-hybridized carbons (Fsp3) is 0.231. The molecular weight excluding hydrogens is 333 g/mol. The first-order valence-electron chi connectivity index (χ1n) is 5.84. The van der Waals surface area contributed by atoms with Crippen LogP contribution in [0.25, 0.3) is 11.3 Å².